The van der Waals surface area contributed by atoms with E-state index in [-0.39, 0.29) is 37.1 Å². The number of ether oxygens (including phenoxy) is 1. The minimum atomic E-state index is -0.205. The second-order valence-corrected chi connectivity index (χ2v) is 4.11. The smallest absolute Gasteiger partial charge is 0.239 e. The van der Waals surface area contributed by atoms with Crippen LogP contribution in [0.2, 0.25) is 0 Å². The van der Waals surface area contributed by atoms with Crippen molar-refractivity contribution in [2.75, 3.05) is 32.8 Å². The van der Waals surface area contributed by atoms with Crippen molar-refractivity contribution in [2.24, 2.45) is 0 Å². The van der Waals surface area contributed by atoms with E-state index in [1.54, 1.807) is 4.90 Å². The molecule has 0 aromatic heterocycles. The Morgan fingerprint density at radius 2 is 2.38 bits per heavy atom. The Morgan fingerprint density at radius 3 is 3.00 bits per heavy atom. The molecule has 0 radical (unpaired) electrons. The first-order chi connectivity index (χ1) is 7.31. The van der Waals surface area contributed by atoms with Gasteiger partial charge in [-0.1, -0.05) is 0 Å². The zero-order valence-corrected chi connectivity index (χ0v) is 10.0. The lowest BCUT2D eigenvalue weighted by molar-refractivity contribution is -0.142. The van der Waals surface area contributed by atoms with Gasteiger partial charge in [0.1, 0.15) is 0 Å². The first-order valence-electron chi connectivity index (χ1n) is 5.56. The van der Waals surface area contributed by atoms with Crippen LogP contribution in [0.4, 0.5) is 0 Å². The van der Waals surface area contributed by atoms with Crippen LogP contribution < -0.4 is 5.32 Å². The number of amides is 1. The zero-order valence-electron chi connectivity index (χ0n) is 9.22. The molecule has 0 spiro atoms. The topological polar surface area (TPSA) is 61.8 Å². The van der Waals surface area contributed by atoms with E-state index < -0.39 is 0 Å². The standard InChI is InChI=1S/C10H18N2O3.ClH/c13-7-8-6-12(4-5-15-8)10(14)9-2-1-3-11-9;/h8-9,11,13H,1-7H2;1H. The van der Waals surface area contributed by atoms with Gasteiger partial charge >= 0.3 is 0 Å². The molecule has 0 aliphatic carbocycles. The predicted octanol–water partition coefficient (Wildman–Crippen LogP) is -0.620. The summed E-state index contributed by atoms with van der Waals surface area (Å²) >= 11 is 0. The summed E-state index contributed by atoms with van der Waals surface area (Å²) in [6.45, 7) is 2.62. The number of carbonyl (C=O) groups excluding carboxylic acids is 1. The minimum Gasteiger partial charge on any atom is -0.394 e. The molecule has 16 heavy (non-hydrogen) atoms. The van der Waals surface area contributed by atoms with Gasteiger partial charge < -0.3 is 20.1 Å². The molecule has 0 saturated carbocycles. The molecule has 2 aliphatic rings. The monoisotopic (exact) mass is 250 g/mol. The number of carbonyl (C=O) groups is 1. The van der Waals surface area contributed by atoms with Gasteiger partial charge in [0, 0.05) is 13.1 Å². The van der Waals surface area contributed by atoms with Crippen LogP contribution in [0.3, 0.4) is 0 Å². The summed E-state index contributed by atoms with van der Waals surface area (Å²) in [5.41, 5.74) is 0. The molecule has 0 aromatic rings. The van der Waals surface area contributed by atoms with Crippen molar-refractivity contribution in [3.05, 3.63) is 0 Å². The largest absolute Gasteiger partial charge is 0.394 e. The van der Waals surface area contributed by atoms with Gasteiger partial charge in [-0.05, 0) is 19.4 Å². The maximum Gasteiger partial charge on any atom is 0.239 e. The van der Waals surface area contributed by atoms with Crippen LogP contribution in [0.15, 0.2) is 0 Å². The number of halogens is 1. The highest BCUT2D eigenvalue weighted by Gasteiger charge is 2.30. The summed E-state index contributed by atoms with van der Waals surface area (Å²) in [7, 11) is 0. The number of rotatable bonds is 2. The molecule has 6 heteroatoms. The molecular weight excluding hydrogens is 232 g/mol. The zero-order chi connectivity index (χ0) is 10.7. The Labute approximate surface area is 102 Å². The molecule has 2 atom stereocenters. The Hall–Kier alpha value is -0.360. The van der Waals surface area contributed by atoms with Crippen molar-refractivity contribution in [3.63, 3.8) is 0 Å². The van der Waals surface area contributed by atoms with Crippen molar-refractivity contribution < 1.29 is 14.6 Å². The quantitative estimate of drug-likeness (QED) is 0.686. The first kappa shape index (κ1) is 13.7. The van der Waals surface area contributed by atoms with E-state index in [1.165, 1.54) is 0 Å². The van der Waals surface area contributed by atoms with Crippen LogP contribution in [-0.4, -0.2) is 60.9 Å². The summed E-state index contributed by atoms with van der Waals surface area (Å²) in [5, 5.41) is 12.2. The van der Waals surface area contributed by atoms with Crippen LogP contribution >= 0.6 is 12.4 Å². The number of nitrogens with one attached hydrogen (secondary N) is 1. The molecule has 0 bridgehead atoms. The van der Waals surface area contributed by atoms with Crippen LogP contribution in [0.5, 0.6) is 0 Å². The van der Waals surface area contributed by atoms with E-state index in [2.05, 4.69) is 5.32 Å². The Kier molecular flexibility index (Phi) is 5.48. The molecule has 5 nitrogen and oxygen atoms in total. The van der Waals surface area contributed by atoms with Crippen LogP contribution in [0.25, 0.3) is 0 Å². The average Bonchev–Trinajstić information content (AvgIpc) is 2.81. The molecular formula is C10H19ClN2O3. The molecule has 2 fully saturated rings. The van der Waals surface area contributed by atoms with Crippen LogP contribution in [0.1, 0.15) is 12.8 Å². The van der Waals surface area contributed by atoms with Crippen molar-refractivity contribution in [3.8, 4) is 0 Å². The summed E-state index contributed by atoms with van der Waals surface area (Å²) in [6, 6.07) is -0.0116. The summed E-state index contributed by atoms with van der Waals surface area (Å²) in [4.78, 5) is 13.8. The molecule has 0 aromatic carbocycles. The number of hydrogen-bond donors (Lipinski definition) is 2. The second-order valence-electron chi connectivity index (χ2n) is 4.11. The van der Waals surface area contributed by atoms with Crippen LogP contribution in [0, 0.1) is 0 Å². The Balaban J connectivity index is 0.00000128. The van der Waals surface area contributed by atoms with E-state index in [1.807, 2.05) is 0 Å². The van der Waals surface area contributed by atoms with Crippen molar-refractivity contribution in [1.29, 1.82) is 0 Å². The Morgan fingerprint density at radius 1 is 1.56 bits per heavy atom. The predicted molar refractivity (Wildman–Crippen MR) is 61.7 cm³/mol. The third-order valence-electron chi connectivity index (χ3n) is 3.01. The summed E-state index contributed by atoms with van der Waals surface area (Å²) in [5.74, 6) is 0.161. The fraction of sp³-hybridized carbons (Fsp3) is 0.900. The van der Waals surface area contributed by atoms with Gasteiger partial charge in [-0.15, -0.1) is 12.4 Å². The number of aliphatic hydroxyl groups is 1. The molecule has 2 heterocycles. The van der Waals surface area contributed by atoms with E-state index in [4.69, 9.17) is 9.84 Å². The molecule has 94 valence electrons. The lowest BCUT2D eigenvalue weighted by Crippen LogP contribution is -2.52. The fourth-order valence-electron chi connectivity index (χ4n) is 2.15. The molecule has 2 saturated heterocycles. The third kappa shape index (κ3) is 3.07. The van der Waals surface area contributed by atoms with E-state index in [9.17, 15) is 4.79 Å². The number of aliphatic hydroxyl groups excluding tert-OH is 1. The highest BCUT2D eigenvalue weighted by atomic mass is 35.5. The third-order valence-corrected chi connectivity index (χ3v) is 3.01. The molecule has 2 N–H and O–H groups in total. The van der Waals surface area contributed by atoms with Crippen molar-refractivity contribution in [2.45, 2.75) is 25.0 Å². The van der Waals surface area contributed by atoms with Gasteiger partial charge in [0.2, 0.25) is 5.91 Å². The highest BCUT2D eigenvalue weighted by Crippen LogP contribution is 2.12. The molecule has 2 unspecified atom stereocenters. The maximum atomic E-state index is 12.0. The lowest BCUT2D eigenvalue weighted by atomic mass is 10.2. The minimum absolute atomic E-state index is 0. The van der Waals surface area contributed by atoms with Gasteiger partial charge in [-0.3, -0.25) is 4.79 Å². The highest BCUT2D eigenvalue weighted by molar-refractivity contribution is 5.85. The Bertz CT molecular complexity index is 234. The number of nitrogens with zero attached hydrogens (tertiary/aromatic N) is 1. The average molecular weight is 251 g/mol. The van der Waals surface area contributed by atoms with Gasteiger partial charge in [0.25, 0.3) is 0 Å². The second kappa shape index (κ2) is 6.39. The fourth-order valence-corrected chi connectivity index (χ4v) is 2.15. The molecule has 2 rings (SSSR count). The first-order valence-corrected chi connectivity index (χ1v) is 5.56. The SMILES string of the molecule is Cl.O=C(C1CCCN1)N1CCOC(CO)C1. The summed E-state index contributed by atoms with van der Waals surface area (Å²) < 4.78 is 5.31. The lowest BCUT2D eigenvalue weighted by Gasteiger charge is -2.33. The molecule has 2 aliphatic heterocycles. The van der Waals surface area contributed by atoms with E-state index >= 15 is 0 Å². The molecule has 1 amide bonds. The maximum absolute atomic E-state index is 12.0. The van der Waals surface area contributed by atoms with Crippen molar-refractivity contribution >= 4 is 18.3 Å². The summed E-state index contributed by atoms with van der Waals surface area (Å²) in [6.07, 6.45) is 1.80. The van der Waals surface area contributed by atoms with Crippen LogP contribution in [-0.2, 0) is 9.53 Å². The number of morpholine rings is 1. The van der Waals surface area contributed by atoms with Crippen molar-refractivity contribution in [1.82, 2.24) is 10.2 Å². The van der Waals surface area contributed by atoms with E-state index in [0.717, 1.165) is 19.4 Å². The normalized spacial score (nSPS) is 29.9. The van der Waals surface area contributed by atoms with Gasteiger partial charge in [-0.25, -0.2) is 0 Å². The number of hydrogen-bond acceptors (Lipinski definition) is 4. The van der Waals surface area contributed by atoms with E-state index in [0.29, 0.717) is 19.7 Å². The van der Waals surface area contributed by atoms with Gasteiger partial charge in [0.15, 0.2) is 0 Å². The van der Waals surface area contributed by atoms with Gasteiger partial charge in [-0.2, -0.15) is 0 Å². The van der Waals surface area contributed by atoms with Gasteiger partial charge in [0.05, 0.1) is 25.4 Å².